The maximum Gasteiger partial charge on any atom is 0.0597 e. The van der Waals surface area contributed by atoms with Crippen LogP contribution in [0.5, 0.6) is 0 Å². The zero-order chi connectivity index (χ0) is 12.0. The number of piperazine rings is 1. The summed E-state index contributed by atoms with van der Waals surface area (Å²) in [7, 11) is 0. The van der Waals surface area contributed by atoms with Crippen LogP contribution in [-0.2, 0) is 4.74 Å². The van der Waals surface area contributed by atoms with E-state index in [1.807, 2.05) is 0 Å². The van der Waals surface area contributed by atoms with Crippen LogP contribution < -0.4 is 5.32 Å². The number of hydrogen-bond acceptors (Lipinski definition) is 3. The molecule has 3 nitrogen and oxygen atoms in total. The molecular weight excluding hydrogens is 200 g/mol. The first-order valence-corrected chi connectivity index (χ1v) is 6.71. The van der Waals surface area contributed by atoms with E-state index in [4.69, 9.17) is 4.74 Å². The lowest BCUT2D eigenvalue weighted by Gasteiger charge is -2.39. The number of hydrogen-bond donors (Lipinski definition) is 1. The normalized spacial score (nSPS) is 24.9. The van der Waals surface area contributed by atoms with E-state index in [1.165, 1.54) is 6.42 Å². The molecule has 0 amide bonds. The molecule has 0 spiro atoms. The predicted molar refractivity (Wildman–Crippen MR) is 68.8 cm³/mol. The molecule has 1 fully saturated rings. The van der Waals surface area contributed by atoms with Crippen LogP contribution >= 0.6 is 0 Å². The number of rotatable bonds is 6. The van der Waals surface area contributed by atoms with Gasteiger partial charge in [-0.2, -0.15) is 0 Å². The predicted octanol–water partition coefficient (Wildman–Crippen LogP) is 1.73. The molecule has 0 aromatic heterocycles. The molecule has 96 valence electrons. The first-order valence-electron chi connectivity index (χ1n) is 6.71. The standard InChI is InChI=1S/C13H28N2O/c1-5-12(4)13-10-14-6-7-15(13)8-9-16-11(2)3/h11-14H,5-10H2,1-4H3. The van der Waals surface area contributed by atoms with Gasteiger partial charge in [0.1, 0.15) is 0 Å². The zero-order valence-corrected chi connectivity index (χ0v) is 11.3. The fraction of sp³-hybridized carbons (Fsp3) is 1.00. The highest BCUT2D eigenvalue weighted by molar-refractivity contribution is 4.83. The lowest BCUT2D eigenvalue weighted by Crippen LogP contribution is -2.54. The van der Waals surface area contributed by atoms with E-state index in [1.54, 1.807) is 0 Å². The third kappa shape index (κ3) is 4.40. The van der Waals surface area contributed by atoms with Crippen molar-refractivity contribution in [2.24, 2.45) is 5.92 Å². The van der Waals surface area contributed by atoms with Crippen LogP contribution in [0.3, 0.4) is 0 Å². The Balaban J connectivity index is 2.35. The van der Waals surface area contributed by atoms with Gasteiger partial charge in [-0.05, 0) is 19.8 Å². The third-order valence-corrected chi connectivity index (χ3v) is 3.53. The van der Waals surface area contributed by atoms with Gasteiger partial charge in [0.2, 0.25) is 0 Å². The fourth-order valence-corrected chi connectivity index (χ4v) is 2.28. The molecule has 0 aromatic carbocycles. The lowest BCUT2D eigenvalue weighted by molar-refractivity contribution is 0.0331. The van der Waals surface area contributed by atoms with Crippen LogP contribution in [0.4, 0.5) is 0 Å². The van der Waals surface area contributed by atoms with Crippen LogP contribution in [0.15, 0.2) is 0 Å². The van der Waals surface area contributed by atoms with Gasteiger partial charge in [0.25, 0.3) is 0 Å². The molecule has 0 saturated carbocycles. The van der Waals surface area contributed by atoms with Crippen LogP contribution in [-0.4, -0.2) is 49.8 Å². The van der Waals surface area contributed by atoms with E-state index in [-0.39, 0.29) is 0 Å². The Morgan fingerprint density at radius 3 is 2.75 bits per heavy atom. The zero-order valence-electron chi connectivity index (χ0n) is 11.3. The molecule has 2 atom stereocenters. The van der Waals surface area contributed by atoms with Crippen molar-refractivity contribution in [1.29, 1.82) is 0 Å². The summed E-state index contributed by atoms with van der Waals surface area (Å²) < 4.78 is 5.64. The smallest absolute Gasteiger partial charge is 0.0597 e. The minimum Gasteiger partial charge on any atom is -0.377 e. The first-order chi connectivity index (χ1) is 7.65. The Bertz CT molecular complexity index is 185. The SMILES string of the molecule is CCC(C)C1CNCCN1CCOC(C)C. The summed E-state index contributed by atoms with van der Waals surface area (Å²) in [5.74, 6) is 0.770. The molecule has 3 heteroatoms. The van der Waals surface area contributed by atoms with E-state index < -0.39 is 0 Å². The average Bonchev–Trinajstić information content (AvgIpc) is 2.28. The molecule has 0 aliphatic carbocycles. The van der Waals surface area contributed by atoms with E-state index in [0.29, 0.717) is 12.1 Å². The molecule has 0 aromatic rings. The van der Waals surface area contributed by atoms with E-state index in [0.717, 1.165) is 38.7 Å². The molecule has 16 heavy (non-hydrogen) atoms. The van der Waals surface area contributed by atoms with Gasteiger partial charge in [0.05, 0.1) is 12.7 Å². The number of nitrogens with zero attached hydrogens (tertiary/aromatic N) is 1. The quantitative estimate of drug-likeness (QED) is 0.749. The molecule has 1 rings (SSSR count). The third-order valence-electron chi connectivity index (χ3n) is 3.53. The van der Waals surface area contributed by atoms with Crippen molar-refractivity contribution in [1.82, 2.24) is 10.2 Å². The average molecular weight is 228 g/mol. The second-order valence-electron chi connectivity index (χ2n) is 5.11. The van der Waals surface area contributed by atoms with Crippen molar-refractivity contribution in [3.8, 4) is 0 Å². The minimum atomic E-state index is 0.352. The Morgan fingerprint density at radius 1 is 1.38 bits per heavy atom. The van der Waals surface area contributed by atoms with Crippen molar-refractivity contribution in [3.63, 3.8) is 0 Å². The van der Waals surface area contributed by atoms with E-state index in [2.05, 4.69) is 37.9 Å². The number of nitrogens with one attached hydrogen (secondary N) is 1. The van der Waals surface area contributed by atoms with E-state index >= 15 is 0 Å². The second kappa shape index (κ2) is 7.25. The van der Waals surface area contributed by atoms with Crippen LogP contribution in [0.1, 0.15) is 34.1 Å². The lowest BCUT2D eigenvalue weighted by atomic mass is 9.96. The molecule has 1 saturated heterocycles. The Morgan fingerprint density at radius 2 is 2.12 bits per heavy atom. The van der Waals surface area contributed by atoms with Gasteiger partial charge in [-0.1, -0.05) is 20.3 Å². The maximum atomic E-state index is 5.64. The molecule has 1 heterocycles. The van der Waals surface area contributed by atoms with Gasteiger partial charge in [0, 0.05) is 32.2 Å². The van der Waals surface area contributed by atoms with Crippen molar-refractivity contribution in [3.05, 3.63) is 0 Å². The summed E-state index contributed by atoms with van der Waals surface area (Å²) in [6.07, 6.45) is 1.61. The largest absolute Gasteiger partial charge is 0.377 e. The highest BCUT2D eigenvalue weighted by Gasteiger charge is 2.25. The van der Waals surface area contributed by atoms with Gasteiger partial charge < -0.3 is 10.1 Å². The Kier molecular flexibility index (Phi) is 6.32. The minimum absolute atomic E-state index is 0.352. The van der Waals surface area contributed by atoms with Gasteiger partial charge in [0.15, 0.2) is 0 Å². The Hall–Kier alpha value is -0.120. The van der Waals surface area contributed by atoms with Crippen molar-refractivity contribution in [2.75, 3.05) is 32.8 Å². The summed E-state index contributed by atoms with van der Waals surface area (Å²) in [4.78, 5) is 2.59. The van der Waals surface area contributed by atoms with Crippen LogP contribution in [0.2, 0.25) is 0 Å². The summed E-state index contributed by atoms with van der Waals surface area (Å²) >= 11 is 0. The van der Waals surface area contributed by atoms with Crippen LogP contribution in [0, 0.1) is 5.92 Å². The van der Waals surface area contributed by atoms with E-state index in [9.17, 15) is 0 Å². The maximum absolute atomic E-state index is 5.64. The molecule has 0 radical (unpaired) electrons. The number of ether oxygens (including phenoxy) is 1. The Labute approximate surface area is 101 Å². The molecule has 1 aliphatic rings. The molecule has 2 unspecified atom stereocenters. The molecule has 1 aliphatic heterocycles. The molecular formula is C13H28N2O. The highest BCUT2D eigenvalue weighted by Crippen LogP contribution is 2.16. The monoisotopic (exact) mass is 228 g/mol. The summed E-state index contributed by atoms with van der Waals surface area (Å²) in [6.45, 7) is 14.2. The summed E-state index contributed by atoms with van der Waals surface area (Å²) in [6, 6.07) is 0.689. The van der Waals surface area contributed by atoms with Crippen molar-refractivity contribution >= 4 is 0 Å². The topological polar surface area (TPSA) is 24.5 Å². The van der Waals surface area contributed by atoms with Gasteiger partial charge >= 0.3 is 0 Å². The molecule has 0 bridgehead atoms. The van der Waals surface area contributed by atoms with Crippen LogP contribution in [0.25, 0.3) is 0 Å². The van der Waals surface area contributed by atoms with Gasteiger partial charge in [-0.25, -0.2) is 0 Å². The second-order valence-corrected chi connectivity index (χ2v) is 5.11. The molecule has 1 N–H and O–H groups in total. The summed E-state index contributed by atoms with van der Waals surface area (Å²) in [5.41, 5.74) is 0. The van der Waals surface area contributed by atoms with Gasteiger partial charge in [-0.3, -0.25) is 4.90 Å². The first kappa shape index (κ1) is 13.9. The fourth-order valence-electron chi connectivity index (χ4n) is 2.28. The van der Waals surface area contributed by atoms with Crippen molar-refractivity contribution < 1.29 is 4.74 Å². The highest BCUT2D eigenvalue weighted by atomic mass is 16.5. The van der Waals surface area contributed by atoms with Crippen molar-refractivity contribution in [2.45, 2.75) is 46.3 Å². The van der Waals surface area contributed by atoms with Gasteiger partial charge in [-0.15, -0.1) is 0 Å². The summed E-state index contributed by atoms with van der Waals surface area (Å²) in [5, 5.41) is 3.50.